The van der Waals surface area contributed by atoms with Crippen molar-refractivity contribution >= 4 is 45.3 Å². The predicted molar refractivity (Wildman–Crippen MR) is 101 cm³/mol. The van der Waals surface area contributed by atoms with Gasteiger partial charge in [-0.25, -0.2) is 4.79 Å². The molecule has 1 aromatic heterocycles. The van der Waals surface area contributed by atoms with E-state index in [9.17, 15) is 4.79 Å². The van der Waals surface area contributed by atoms with Crippen LogP contribution in [0.4, 0.5) is 10.7 Å². The Balaban J connectivity index is 2.06. The number of hydrogen-bond acceptors (Lipinski definition) is 4. The summed E-state index contributed by atoms with van der Waals surface area (Å²) in [5.41, 5.74) is 2.67. The van der Waals surface area contributed by atoms with Gasteiger partial charge in [-0.1, -0.05) is 26.0 Å². The third-order valence-electron chi connectivity index (χ3n) is 3.32. The van der Waals surface area contributed by atoms with Gasteiger partial charge in [0.25, 0.3) is 0 Å². The first-order chi connectivity index (χ1) is 10.9. The van der Waals surface area contributed by atoms with E-state index in [0.29, 0.717) is 21.6 Å². The van der Waals surface area contributed by atoms with Crippen molar-refractivity contribution < 1.29 is 9.53 Å². The number of rotatable bonds is 4. The van der Waals surface area contributed by atoms with E-state index in [-0.39, 0.29) is 5.97 Å². The number of esters is 1. The van der Waals surface area contributed by atoms with E-state index in [1.165, 1.54) is 24.0 Å². The molecule has 2 aromatic rings. The second-order valence-electron chi connectivity index (χ2n) is 5.45. The molecule has 4 nitrogen and oxygen atoms in total. The standard InChI is InChI=1S/C17H20N2O2S2/c1-10(2)12-5-7-13(8-6-12)18-17(22)19-15-14(16(20)21-4)9-11(3)23-15/h5-10H,1-4H3,(H2,18,19,22). The Morgan fingerprint density at radius 2 is 1.87 bits per heavy atom. The zero-order chi connectivity index (χ0) is 17.0. The lowest BCUT2D eigenvalue weighted by Gasteiger charge is -2.11. The van der Waals surface area contributed by atoms with Crippen molar-refractivity contribution in [1.29, 1.82) is 0 Å². The van der Waals surface area contributed by atoms with Crippen LogP contribution in [0.2, 0.25) is 0 Å². The van der Waals surface area contributed by atoms with Crippen LogP contribution in [0.15, 0.2) is 30.3 Å². The Kier molecular flexibility index (Phi) is 5.74. The normalized spacial score (nSPS) is 10.5. The molecule has 23 heavy (non-hydrogen) atoms. The smallest absolute Gasteiger partial charge is 0.340 e. The number of nitrogens with one attached hydrogen (secondary N) is 2. The minimum Gasteiger partial charge on any atom is -0.465 e. The second kappa shape index (κ2) is 7.57. The van der Waals surface area contributed by atoms with Crippen LogP contribution < -0.4 is 10.6 Å². The molecular weight excluding hydrogens is 328 g/mol. The molecule has 0 unspecified atom stereocenters. The van der Waals surface area contributed by atoms with Crippen LogP contribution in [0.5, 0.6) is 0 Å². The van der Waals surface area contributed by atoms with Gasteiger partial charge < -0.3 is 15.4 Å². The van der Waals surface area contributed by atoms with E-state index in [0.717, 1.165) is 10.6 Å². The summed E-state index contributed by atoms with van der Waals surface area (Å²) in [6.07, 6.45) is 0. The molecule has 0 aliphatic carbocycles. The first-order valence-electron chi connectivity index (χ1n) is 7.27. The van der Waals surface area contributed by atoms with E-state index < -0.39 is 0 Å². The van der Waals surface area contributed by atoms with Crippen LogP contribution in [-0.4, -0.2) is 18.2 Å². The van der Waals surface area contributed by atoms with E-state index in [4.69, 9.17) is 17.0 Å². The number of thiocarbonyl (C=S) groups is 1. The summed E-state index contributed by atoms with van der Waals surface area (Å²) in [5.74, 6) is 0.117. The predicted octanol–water partition coefficient (Wildman–Crippen LogP) is 4.78. The number of benzene rings is 1. The molecule has 0 atom stereocenters. The van der Waals surface area contributed by atoms with Crippen LogP contribution in [0.25, 0.3) is 0 Å². The van der Waals surface area contributed by atoms with E-state index in [1.54, 1.807) is 6.07 Å². The highest BCUT2D eigenvalue weighted by Gasteiger charge is 2.16. The highest BCUT2D eigenvalue weighted by atomic mass is 32.1. The maximum atomic E-state index is 11.8. The largest absolute Gasteiger partial charge is 0.465 e. The molecule has 6 heteroatoms. The van der Waals surface area contributed by atoms with Gasteiger partial charge in [-0.05, 0) is 48.8 Å². The number of anilines is 2. The molecule has 0 aliphatic rings. The summed E-state index contributed by atoms with van der Waals surface area (Å²) in [6.45, 7) is 6.24. The van der Waals surface area contributed by atoms with Gasteiger partial charge in [0, 0.05) is 10.6 Å². The second-order valence-corrected chi connectivity index (χ2v) is 7.11. The quantitative estimate of drug-likeness (QED) is 0.615. The molecule has 0 fully saturated rings. The van der Waals surface area contributed by atoms with Crippen molar-refractivity contribution in [3.05, 3.63) is 46.3 Å². The average Bonchev–Trinajstić information content (AvgIpc) is 2.87. The molecule has 1 heterocycles. The fourth-order valence-electron chi connectivity index (χ4n) is 2.09. The summed E-state index contributed by atoms with van der Waals surface area (Å²) in [6, 6.07) is 9.92. The summed E-state index contributed by atoms with van der Waals surface area (Å²) in [7, 11) is 1.37. The maximum absolute atomic E-state index is 11.8. The molecule has 0 amide bonds. The minimum atomic E-state index is -0.374. The Bertz CT molecular complexity index is 706. The summed E-state index contributed by atoms with van der Waals surface area (Å²) >= 11 is 6.79. The van der Waals surface area contributed by atoms with Crippen LogP contribution in [0.1, 0.15) is 40.6 Å². The topological polar surface area (TPSA) is 50.4 Å². The average molecular weight is 348 g/mol. The Morgan fingerprint density at radius 3 is 2.43 bits per heavy atom. The minimum absolute atomic E-state index is 0.374. The first kappa shape index (κ1) is 17.4. The number of thiophene rings is 1. The third kappa shape index (κ3) is 4.53. The zero-order valence-electron chi connectivity index (χ0n) is 13.6. The van der Waals surface area contributed by atoms with Crippen molar-refractivity contribution in [3.63, 3.8) is 0 Å². The van der Waals surface area contributed by atoms with E-state index >= 15 is 0 Å². The Labute approximate surface area is 145 Å². The monoisotopic (exact) mass is 348 g/mol. The molecule has 1 aromatic carbocycles. The Morgan fingerprint density at radius 1 is 1.22 bits per heavy atom. The SMILES string of the molecule is COC(=O)c1cc(C)sc1NC(=S)Nc1ccc(C(C)C)cc1. The van der Waals surface area contributed by atoms with Gasteiger partial charge >= 0.3 is 5.97 Å². The molecular formula is C17H20N2O2S2. The molecule has 0 aliphatic heterocycles. The van der Waals surface area contributed by atoms with Gasteiger partial charge in [0.2, 0.25) is 0 Å². The van der Waals surface area contributed by atoms with Crippen molar-refractivity contribution in [2.24, 2.45) is 0 Å². The van der Waals surface area contributed by atoms with E-state index in [2.05, 4.69) is 36.6 Å². The summed E-state index contributed by atoms with van der Waals surface area (Å²) in [5, 5.41) is 7.32. The number of hydrogen-bond donors (Lipinski definition) is 2. The molecule has 122 valence electrons. The molecule has 0 radical (unpaired) electrons. The highest BCUT2D eigenvalue weighted by molar-refractivity contribution is 7.80. The third-order valence-corrected chi connectivity index (χ3v) is 4.49. The highest BCUT2D eigenvalue weighted by Crippen LogP contribution is 2.28. The molecule has 0 spiro atoms. The van der Waals surface area contributed by atoms with Gasteiger partial charge in [-0.3, -0.25) is 0 Å². The molecule has 2 rings (SSSR count). The van der Waals surface area contributed by atoms with Gasteiger partial charge in [-0.15, -0.1) is 11.3 Å². The number of carbonyl (C=O) groups is 1. The van der Waals surface area contributed by atoms with Crippen molar-refractivity contribution in [3.8, 4) is 0 Å². The van der Waals surface area contributed by atoms with Gasteiger partial charge in [0.15, 0.2) is 5.11 Å². The Hall–Kier alpha value is -1.92. The van der Waals surface area contributed by atoms with Crippen LogP contribution in [0.3, 0.4) is 0 Å². The van der Waals surface area contributed by atoms with Crippen LogP contribution in [-0.2, 0) is 4.74 Å². The molecule has 0 bridgehead atoms. The maximum Gasteiger partial charge on any atom is 0.340 e. The number of carbonyl (C=O) groups excluding carboxylic acids is 1. The first-order valence-corrected chi connectivity index (χ1v) is 8.50. The van der Waals surface area contributed by atoms with Gasteiger partial charge in [0.1, 0.15) is 5.00 Å². The summed E-state index contributed by atoms with van der Waals surface area (Å²) < 4.78 is 4.79. The zero-order valence-corrected chi connectivity index (χ0v) is 15.2. The fourth-order valence-corrected chi connectivity index (χ4v) is 3.27. The van der Waals surface area contributed by atoms with E-state index in [1.807, 2.05) is 19.1 Å². The number of aryl methyl sites for hydroxylation is 1. The number of methoxy groups -OCH3 is 1. The van der Waals surface area contributed by atoms with Crippen molar-refractivity contribution in [1.82, 2.24) is 0 Å². The van der Waals surface area contributed by atoms with Crippen LogP contribution >= 0.6 is 23.6 Å². The summed E-state index contributed by atoms with van der Waals surface area (Å²) in [4.78, 5) is 12.8. The molecule has 0 saturated heterocycles. The lowest BCUT2D eigenvalue weighted by Crippen LogP contribution is -2.19. The van der Waals surface area contributed by atoms with Crippen LogP contribution in [0, 0.1) is 6.92 Å². The van der Waals surface area contributed by atoms with Gasteiger partial charge in [-0.2, -0.15) is 0 Å². The fraction of sp³-hybridized carbons (Fsp3) is 0.294. The van der Waals surface area contributed by atoms with Crippen molar-refractivity contribution in [2.75, 3.05) is 17.7 Å². The van der Waals surface area contributed by atoms with Gasteiger partial charge in [0.05, 0.1) is 12.7 Å². The van der Waals surface area contributed by atoms with Crippen molar-refractivity contribution in [2.45, 2.75) is 26.7 Å². The lowest BCUT2D eigenvalue weighted by atomic mass is 10.0. The lowest BCUT2D eigenvalue weighted by molar-refractivity contribution is 0.0602. The number of ether oxygens (including phenoxy) is 1. The molecule has 0 saturated carbocycles. The molecule has 2 N–H and O–H groups in total.